The summed E-state index contributed by atoms with van der Waals surface area (Å²) in [6, 6.07) is 9.64. The summed E-state index contributed by atoms with van der Waals surface area (Å²) in [5.41, 5.74) is 5.53. The predicted molar refractivity (Wildman–Crippen MR) is 95.3 cm³/mol. The third kappa shape index (κ3) is 6.07. The first-order valence-corrected chi connectivity index (χ1v) is 7.14. The molecule has 0 aliphatic carbocycles. The first-order valence-electron chi connectivity index (χ1n) is 6.77. The highest BCUT2D eigenvalue weighted by atomic mass is 35.5. The van der Waals surface area contributed by atoms with Gasteiger partial charge in [0.25, 0.3) is 0 Å². The Morgan fingerprint density at radius 3 is 2.48 bits per heavy atom. The number of rotatable bonds is 4. The minimum absolute atomic E-state index is 0.403. The summed E-state index contributed by atoms with van der Waals surface area (Å²) in [7, 11) is 1.78. The second-order valence-electron chi connectivity index (χ2n) is 4.66. The lowest BCUT2D eigenvalue weighted by atomic mass is 10.1. The Hall–Kier alpha value is -2.41. The number of hydrogen-bond donors (Lipinski definition) is 3. The minimum Gasteiger partial charge on any atom is -0.313 e. The molecule has 1 heterocycles. The zero-order valence-electron chi connectivity index (χ0n) is 13.0. The van der Waals surface area contributed by atoms with Gasteiger partial charge in [-0.15, -0.1) is 0 Å². The van der Waals surface area contributed by atoms with Crippen molar-refractivity contribution in [3.8, 4) is 0 Å². The number of amides is 1. The van der Waals surface area contributed by atoms with Crippen LogP contribution >= 0.6 is 11.6 Å². The standard InChI is InChI=1S/C15H16ClN3.CH4N2O/c1-11-6-7-12(18-10-11)8-9-13-14(16)4-3-5-15(13)19(2)17;2-3-1-4/h3-10H,17H2,1-2H3;1H,2H2,(H,3,4)/b9-8+;. The molecule has 7 heteroatoms. The molecule has 0 fully saturated rings. The lowest BCUT2D eigenvalue weighted by Crippen LogP contribution is -2.25. The van der Waals surface area contributed by atoms with Crippen LogP contribution in [0.15, 0.2) is 36.5 Å². The summed E-state index contributed by atoms with van der Waals surface area (Å²) >= 11 is 6.21. The summed E-state index contributed by atoms with van der Waals surface area (Å²) in [4.78, 5) is 13.3. The van der Waals surface area contributed by atoms with Gasteiger partial charge in [-0.2, -0.15) is 0 Å². The summed E-state index contributed by atoms with van der Waals surface area (Å²) in [6.07, 6.45) is 6.09. The molecule has 0 unspecified atom stereocenters. The smallest absolute Gasteiger partial charge is 0.221 e. The van der Waals surface area contributed by atoms with Crippen LogP contribution in [0.2, 0.25) is 5.02 Å². The fraction of sp³-hybridized carbons (Fsp3) is 0.125. The van der Waals surface area contributed by atoms with E-state index in [9.17, 15) is 0 Å². The van der Waals surface area contributed by atoms with Crippen LogP contribution in [0.25, 0.3) is 12.2 Å². The molecule has 23 heavy (non-hydrogen) atoms. The topological polar surface area (TPSA) is 97.3 Å². The molecule has 1 aromatic carbocycles. The van der Waals surface area contributed by atoms with E-state index in [0.717, 1.165) is 22.5 Å². The monoisotopic (exact) mass is 333 g/mol. The van der Waals surface area contributed by atoms with Crippen LogP contribution in [0, 0.1) is 6.92 Å². The first kappa shape index (κ1) is 18.6. The Balaban J connectivity index is 0.000000593. The van der Waals surface area contributed by atoms with Crippen molar-refractivity contribution < 1.29 is 4.79 Å². The number of hydrogen-bond acceptors (Lipinski definition) is 5. The highest BCUT2D eigenvalue weighted by Gasteiger charge is 2.05. The van der Waals surface area contributed by atoms with Gasteiger partial charge in [0.2, 0.25) is 6.41 Å². The van der Waals surface area contributed by atoms with Gasteiger partial charge < -0.3 is 5.01 Å². The van der Waals surface area contributed by atoms with E-state index in [2.05, 4.69) is 10.8 Å². The number of nitrogens with two attached hydrogens (primary N) is 2. The average Bonchev–Trinajstić information content (AvgIpc) is 2.55. The van der Waals surface area contributed by atoms with Gasteiger partial charge in [-0.05, 0) is 42.8 Å². The maximum absolute atomic E-state index is 8.94. The number of nitrogens with zero attached hydrogens (tertiary/aromatic N) is 2. The van der Waals surface area contributed by atoms with E-state index in [1.165, 1.54) is 0 Å². The van der Waals surface area contributed by atoms with E-state index >= 15 is 0 Å². The number of hydrazine groups is 2. The first-order chi connectivity index (χ1) is 11.0. The van der Waals surface area contributed by atoms with Crippen LogP contribution in [0.1, 0.15) is 16.8 Å². The summed E-state index contributed by atoms with van der Waals surface area (Å²) in [5.74, 6) is 10.2. The summed E-state index contributed by atoms with van der Waals surface area (Å²) in [5, 5.41) is 2.21. The molecule has 5 N–H and O–H groups in total. The van der Waals surface area contributed by atoms with Gasteiger partial charge in [0.15, 0.2) is 0 Å². The van der Waals surface area contributed by atoms with E-state index in [1.807, 2.05) is 55.6 Å². The summed E-state index contributed by atoms with van der Waals surface area (Å²) in [6.45, 7) is 2.01. The van der Waals surface area contributed by atoms with Crippen molar-refractivity contribution in [2.24, 2.45) is 11.7 Å². The molecule has 0 spiro atoms. The van der Waals surface area contributed by atoms with Crippen LogP contribution in [0.4, 0.5) is 5.69 Å². The number of halogens is 1. The molecule has 6 nitrogen and oxygen atoms in total. The van der Waals surface area contributed by atoms with Crippen molar-refractivity contribution in [2.45, 2.75) is 6.92 Å². The zero-order valence-corrected chi connectivity index (χ0v) is 13.8. The van der Waals surface area contributed by atoms with Gasteiger partial charge in [-0.25, -0.2) is 11.7 Å². The second-order valence-corrected chi connectivity index (χ2v) is 5.07. The fourth-order valence-corrected chi connectivity index (χ4v) is 1.98. The van der Waals surface area contributed by atoms with E-state index in [0.29, 0.717) is 11.4 Å². The van der Waals surface area contributed by atoms with Gasteiger partial charge in [-0.1, -0.05) is 23.7 Å². The lowest BCUT2D eigenvalue weighted by molar-refractivity contribution is -0.109. The van der Waals surface area contributed by atoms with Crippen molar-refractivity contribution in [2.75, 3.05) is 12.1 Å². The SMILES string of the molecule is Cc1ccc(/C=C/c2c(Cl)cccc2N(C)N)nc1.NNC=O. The molecule has 0 atom stereocenters. The van der Waals surface area contributed by atoms with Crippen molar-refractivity contribution in [1.29, 1.82) is 0 Å². The van der Waals surface area contributed by atoms with E-state index in [4.69, 9.17) is 22.2 Å². The molecule has 0 saturated carbocycles. The van der Waals surface area contributed by atoms with Crippen LogP contribution < -0.4 is 22.1 Å². The normalized spacial score (nSPS) is 9.96. The zero-order chi connectivity index (χ0) is 17.2. The highest BCUT2D eigenvalue weighted by molar-refractivity contribution is 6.32. The van der Waals surface area contributed by atoms with Crippen molar-refractivity contribution >= 4 is 35.9 Å². The molecule has 1 aromatic heterocycles. The maximum Gasteiger partial charge on any atom is 0.221 e. The quantitative estimate of drug-likeness (QED) is 0.344. The van der Waals surface area contributed by atoms with Crippen molar-refractivity contribution in [1.82, 2.24) is 10.4 Å². The average molecular weight is 334 g/mol. The van der Waals surface area contributed by atoms with E-state index in [1.54, 1.807) is 17.5 Å². The van der Waals surface area contributed by atoms with Crippen molar-refractivity contribution in [3.05, 3.63) is 58.4 Å². The molecule has 122 valence electrons. The third-order valence-electron chi connectivity index (χ3n) is 2.83. The largest absolute Gasteiger partial charge is 0.313 e. The molecule has 0 aliphatic heterocycles. The van der Waals surface area contributed by atoms with Gasteiger partial charge in [0, 0.05) is 23.8 Å². The minimum atomic E-state index is 0.403. The maximum atomic E-state index is 8.94. The van der Waals surface area contributed by atoms with E-state index < -0.39 is 0 Å². The molecule has 0 bridgehead atoms. The molecule has 0 radical (unpaired) electrons. The summed E-state index contributed by atoms with van der Waals surface area (Å²) < 4.78 is 0. The molecular weight excluding hydrogens is 314 g/mol. The van der Waals surface area contributed by atoms with Gasteiger partial charge in [0.05, 0.1) is 11.4 Å². The van der Waals surface area contributed by atoms with Crippen LogP contribution in [-0.2, 0) is 4.79 Å². The Kier molecular flexibility index (Phi) is 7.76. The lowest BCUT2D eigenvalue weighted by Gasteiger charge is -2.15. The number of pyridine rings is 1. The highest BCUT2D eigenvalue weighted by Crippen LogP contribution is 2.27. The molecule has 2 aromatic rings. The number of carbonyl (C=O) groups is 1. The Morgan fingerprint density at radius 1 is 1.26 bits per heavy atom. The number of carbonyl (C=O) groups excluding carboxylic acids is 1. The van der Waals surface area contributed by atoms with Gasteiger partial charge in [-0.3, -0.25) is 15.2 Å². The molecule has 1 amide bonds. The number of nitrogens with one attached hydrogen (secondary N) is 1. The molecule has 0 saturated heterocycles. The van der Waals surface area contributed by atoms with Gasteiger partial charge >= 0.3 is 0 Å². The van der Waals surface area contributed by atoms with Gasteiger partial charge in [0.1, 0.15) is 0 Å². The molecular formula is C16H20ClN5O. The fourth-order valence-electron chi connectivity index (χ4n) is 1.74. The number of anilines is 1. The second kappa shape index (κ2) is 9.58. The predicted octanol–water partition coefficient (Wildman–Crippen LogP) is 2.13. The Morgan fingerprint density at radius 2 is 1.96 bits per heavy atom. The van der Waals surface area contributed by atoms with Crippen LogP contribution in [-0.4, -0.2) is 18.4 Å². The number of aromatic nitrogens is 1. The van der Waals surface area contributed by atoms with E-state index in [-0.39, 0.29) is 0 Å². The van der Waals surface area contributed by atoms with Crippen LogP contribution in [0.3, 0.4) is 0 Å². The third-order valence-corrected chi connectivity index (χ3v) is 3.16. The molecule has 0 aliphatic rings. The van der Waals surface area contributed by atoms with Crippen molar-refractivity contribution in [3.63, 3.8) is 0 Å². The number of benzene rings is 1. The Bertz CT molecular complexity index is 656. The van der Waals surface area contributed by atoms with Crippen LogP contribution in [0.5, 0.6) is 0 Å². The number of aryl methyl sites for hydroxylation is 1. The Labute approximate surface area is 140 Å². The molecule has 2 rings (SSSR count).